The van der Waals surface area contributed by atoms with Crippen LogP contribution < -0.4 is 20.9 Å². The van der Waals surface area contributed by atoms with Crippen LogP contribution in [0.4, 0.5) is 22.7 Å². The first-order chi connectivity index (χ1) is 33.2. The largest absolute Gasteiger partial charge is 0.478 e. The monoisotopic (exact) mass is 984 g/mol. The van der Waals surface area contributed by atoms with Gasteiger partial charge in [0.1, 0.15) is 11.6 Å². The van der Waals surface area contributed by atoms with Gasteiger partial charge in [-0.05, 0) is 121 Å². The molecule has 6 aliphatic rings. The van der Waals surface area contributed by atoms with Crippen LogP contribution in [0.1, 0.15) is 81.5 Å². The average molecular weight is 985 g/mol. The zero-order valence-electron chi connectivity index (χ0n) is 38.7. The van der Waals surface area contributed by atoms with E-state index in [9.17, 15) is 41.1 Å². The number of benzene rings is 4. The van der Waals surface area contributed by atoms with Crippen molar-refractivity contribution in [2.75, 3.05) is 99.6 Å². The summed E-state index contributed by atoms with van der Waals surface area (Å²) in [4.78, 5) is 52.1. The summed E-state index contributed by atoms with van der Waals surface area (Å²) < 4.78 is 65.0. The number of nitrogens with two attached hydrogens (primary N) is 1. The number of nitrogen functional groups attached to an aromatic ring is 1. The number of sulfonamides is 2. The summed E-state index contributed by atoms with van der Waals surface area (Å²) in [7, 11) is -7.41. The van der Waals surface area contributed by atoms with Gasteiger partial charge in [0, 0.05) is 95.1 Å². The standard InChI is InChI=1S/C25H29N3O5S.C15H20N2O5S.C10H11NO/c29-21-6-4-18-15-20(5-3-19(18)16-21)26-25(30)23-17-22(7-8-24(23)27-9-1-2-10-27)34(31,32)28-11-13-33-14-12-28;18-15(19)13-11-12(3-4-14(13)16-5-1-2-6-16)23(20,21)17-7-9-22-10-8-17;11-9-3-1-8-6-10(12)4-2-7(8)5-9/h3,5,7-8,15,17H,1-2,4,6,9-14,16H2,(H,26,30);3-4,11H,1-2,5-10H2,(H,18,19);1,3,5H,2,4,6,11H2. The molecule has 4 saturated heterocycles. The second-order valence-corrected chi connectivity index (χ2v) is 21.9. The Bertz CT molecular complexity index is 2800. The minimum Gasteiger partial charge on any atom is -0.478 e. The minimum absolute atomic E-state index is 0.0275. The Balaban J connectivity index is 0.000000157. The Hall–Kier alpha value is -5.70. The number of morpholine rings is 2. The Morgan fingerprint density at radius 1 is 0.536 bits per heavy atom. The molecule has 4 N–H and O–H groups in total. The van der Waals surface area contributed by atoms with E-state index < -0.39 is 26.0 Å². The van der Waals surface area contributed by atoms with Crippen LogP contribution in [0.15, 0.2) is 82.6 Å². The van der Waals surface area contributed by atoms with E-state index in [1.165, 1.54) is 32.4 Å². The first-order valence-electron chi connectivity index (χ1n) is 23.7. The number of carboxylic acid groups (broad SMARTS) is 1. The van der Waals surface area contributed by atoms with Crippen LogP contribution in [0.25, 0.3) is 0 Å². The molecule has 4 aromatic carbocycles. The third kappa shape index (κ3) is 11.8. The van der Waals surface area contributed by atoms with Crippen LogP contribution in [0.3, 0.4) is 0 Å². The molecule has 0 atom stereocenters. The fraction of sp³-hybridized carbons (Fsp3) is 0.440. The van der Waals surface area contributed by atoms with E-state index in [0.717, 1.165) is 86.3 Å². The second kappa shape index (κ2) is 21.9. The summed E-state index contributed by atoms with van der Waals surface area (Å²) in [6, 6.07) is 20.7. The van der Waals surface area contributed by atoms with Gasteiger partial charge in [-0.3, -0.25) is 14.4 Å². The van der Waals surface area contributed by atoms with Gasteiger partial charge in [0.05, 0.1) is 53.0 Å². The third-order valence-electron chi connectivity index (χ3n) is 13.3. The Labute approximate surface area is 403 Å². The zero-order valence-corrected chi connectivity index (χ0v) is 40.3. The maximum Gasteiger partial charge on any atom is 0.337 e. The molecule has 0 saturated carbocycles. The smallest absolute Gasteiger partial charge is 0.337 e. The van der Waals surface area contributed by atoms with Gasteiger partial charge >= 0.3 is 5.97 Å². The van der Waals surface area contributed by atoms with Crippen LogP contribution in [-0.2, 0) is 64.8 Å². The van der Waals surface area contributed by atoms with Crippen molar-refractivity contribution >= 4 is 66.2 Å². The fourth-order valence-electron chi connectivity index (χ4n) is 9.55. The van der Waals surface area contributed by atoms with Crippen molar-refractivity contribution in [2.45, 2.75) is 74.0 Å². The zero-order chi connectivity index (χ0) is 48.7. The number of aromatic carboxylic acids is 1. The number of carboxylic acids is 1. The highest BCUT2D eigenvalue weighted by Crippen LogP contribution is 2.32. The lowest BCUT2D eigenvalue weighted by Crippen LogP contribution is -2.40. The molecule has 0 bridgehead atoms. The van der Waals surface area contributed by atoms with E-state index in [-0.39, 0.29) is 27.0 Å². The number of carbonyl (C=O) groups excluding carboxylic acids is 3. The lowest BCUT2D eigenvalue weighted by Gasteiger charge is -2.27. The molecule has 19 heteroatoms. The fourth-order valence-corrected chi connectivity index (χ4v) is 12.4. The summed E-state index contributed by atoms with van der Waals surface area (Å²) in [5, 5.41) is 12.4. The van der Waals surface area contributed by atoms with Crippen molar-refractivity contribution in [1.82, 2.24) is 8.61 Å². The number of ether oxygens (including phenoxy) is 2. The number of hydrogen-bond donors (Lipinski definition) is 3. The SMILES string of the molecule is Nc1ccc2c(c1)CCC(=O)C2.O=C(O)c1cc(S(=O)(=O)N2CCOCC2)ccc1N1CCCC1.O=C1CCc2cc(NC(=O)c3cc(S(=O)(=O)N4CCOCC4)ccc3N3CCCC3)ccc2C1. The number of nitrogens with zero attached hydrogens (tertiary/aromatic N) is 4. The molecule has 4 aliphatic heterocycles. The van der Waals surface area contributed by atoms with Crippen molar-refractivity contribution in [3.05, 3.63) is 106 Å². The first-order valence-corrected chi connectivity index (χ1v) is 26.6. The molecular formula is C50H60N6O11S2. The minimum atomic E-state index is -3.73. The molecule has 4 heterocycles. The van der Waals surface area contributed by atoms with Gasteiger partial charge in [-0.2, -0.15) is 8.61 Å². The van der Waals surface area contributed by atoms with Crippen molar-refractivity contribution in [2.24, 2.45) is 0 Å². The van der Waals surface area contributed by atoms with Crippen LogP contribution in [0, 0.1) is 0 Å². The van der Waals surface area contributed by atoms with Crippen LogP contribution in [0.2, 0.25) is 0 Å². The summed E-state index contributed by atoms with van der Waals surface area (Å²) in [6.07, 6.45) is 7.88. The predicted molar refractivity (Wildman–Crippen MR) is 261 cm³/mol. The Kier molecular flexibility index (Phi) is 15.8. The van der Waals surface area contributed by atoms with Gasteiger partial charge in [-0.25, -0.2) is 21.6 Å². The molecule has 4 aromatic rings. The molecule has 0 unspecified atom stereocenters. The molecule has 2 aliphatic carbocycles. The average Bonchev–Trinajstić information content (AvgIpc) is 4.11. The van der Waals surface area contributed by atoms with E-state index in [0.29, 0.717) is 107 Å². The highest BCUT2D eigenvalue weighted by molar-refractivity contribution is 7.89. The lowest BCUT2D eigenvalue weighted by atomic mass is 9.90. The molecule has 0 radical (unpaired) electrons. The van der Waals surface area contributed by atoms with Crippen LogP contribution in [-0.4, -0.2) is 133 Å². The van der Waals surface area contributed by atoms with Crippen molar-refractivity contribution < 1.29 is 50.6 Å². The summed E-state index contributed by atoms with van der Waals surface area (Å²) in [6.45, 7) is 5.90. The molecule has 1 amide bonds. The van der Waals surface area contributed by atoms with E-state index in [1.807, 2.05) is 35.2 Å². The number of fused-ring (bicyclic) bond motifs is 2. The number of rotatable bonds is 9. The van der Waals surface area contributed by atoms with Gasteiger partial charge in [0.2, 0.25) is 20.0 Å². The van der Waals surface area contributed by atoms with E-state index >= 15 is 0 Å². The molecular weight excluding hydrogens is 925 g/mol. The molecule has 10 rings (SSSR count). The van der Waals surface area contributed by atoms with E-state index in [4.69, 9.17) is 15.2 Å². The highest BCUT2D eigenvalue weighted by Gasteiger charge is 2.31. The number of aryl methyl sites for hydroxylation is 2. The Morgan fingerprint density at radius 3 is 1.48 bits per heavy atom. The summed E-state index contributed by atoms with van der Waals surface area (Å²) in [5.41, 5.74) is 13.3. The first kappa shape index (κ1) is 49.7. The Morgan fingerprint density at radius 2 is 0.986 bits per heavy atom. The maximum atomic E-state index is 13.4. The normalized spacial score (nSPS) is 18.8. The van der Waals surface area contributed by atoms with Gasteiger partial charge in [0.25, 0.3) is 5.91 Å². The maximum absolute atomic E-state index is 13.4. The third-order valence-corrected chi connectivity index (χ3v) is 17.1. The molecule has 0 spiro atoms. The van der Waals surface area contributed by atoms with Gasteiger partial charge in [-0.15, -0.1) is 0 Å². The molecule has 0 aromatic heterocycles. The quantitative estimate of drug-likeness (QED) is 0.189. The summed E-state index contributed by atoms with van der Waals surface area (Å²) in [5.74, 6) is -0.871. The van der Waals surface area contributed by atoms with Crippen LogP contribution in [0.5, 0.6) is 0 Å². The van der Waals surface area contributed by atoms with Crippen molar-refractivity contribution in [3.8, 4) is 0 Å². The van der Waals surface area contributed by atoms with Gasteiger partial charge < -0.3 is 35.4 Å². The second-order valence-electron chi connectivity index (χ2n) is 18.0. The molecule has 17 nitrogen and oxygen atoms in total. The number of amides is 1. The molecule has 69 heavy (non-hydrogen) atoms. The molecule has 368 valence electrons. The molecule has 4 fully saturated rings. The van der Waals surface area contributed by atoms with Gasteiger partial charge in [0.15, 0.2) is 0 Å². The van der Waals surface area contributed by atoms with Crippen molar-refractivity contribution in [3.63, 3.8) is 0 Å². The number of ketones is 2. The van der Waals surface area contributed by atoms with Crippen molar-refractivity contribution in [1.29, 1.82) is 0 Å². The number of anilines is 4. The predicted octanol–water partition coefficient (Wildman–Crippen LogP) is 4.95. The van der Waals surface area contributed by atoms with Crippen LogP contribution >= 0.6 is 0 Å². The number of nitrogens with one attached hydrogen (secondary N) is 1. The van der Waals surface area contributed by atoms with E-state index in [2.05, 4.69) is 10.2 Å². The highest BCUT2D eigenvalue weighted by atomic mass is 32.2. The number of hydrogen-bond acceptors (Lipinski definition) is 13. The number of carbonyl (C=O) groups is 4. The number of Topliss-reactive ketones (excluding diaryl/α,β-unsaturated/α-hetero) is 2. The topological polar surface area (TPSA) is 226 Å². The lowest BCUT2D eigenvalue weighted by molar-refractivity contribution is -0.119. The summed E-state index contributed by atoms with van der Waals surface area (Å²) >= 11 is 0. The van der Waals surface area contributed by atoms with Gasteiger partial charge in [-0.1, -0.05) is 12.1 Å². The van der Waals surface area contributed by atoms with E-state index in [1.54, 1.807) is 24.3 Å².